The fraction of sp³-hybridized carbons (Fsp3) is 0.636. The third-order valence-electron chi connectivity index (χ3n) is 2.51. The van der Waals surface area contributed by atoms with Crippen LogP contribution in [-0.4, -0.2) is 12.2 Å². The van der Waals surface area contributed by atoms with Crippen LogP contribution in [0.2, 0.25) is 0 Å². The monoisotopic (exact) mass is 164 g/mol. The molecule has 0 spiro atoms. The van der Waals surface area contributed by atoms with Crippen LogP contribution in [0.15, 0.2) is 24.3 Å². The maximum Gasteiger partial charge on any atom is 0.0876 e. The van der Waals surface area contributed by atoms with Crippen molar-refractivity contribution in [3.8, 4) is 0 Å². The van der Waals surface area contributed by atoms with Crippen molar-refractivity contribution < 1.29 is 4.74 Å². The van der Waals surface area contributed by atoms with Crippen molar-refractivity contribution in [3.63, 3.8) is 0 Å². The molecule has 0 N–H and O–H groups in total. The lowest BCUT2D eigenvalue weighted by atomic mass is 10.1. The maximum absolute atomic E-state index is 5.50. The fourth-order valence-corrected chi connectivity index (χ4v) is 1.68. The van der Waals surface area contributed by atoms with Gasteiger partial charge in [0.1, 0.15) is 0 Å². The van der Waals surface area contributed by atoms with Crippen molar-refractivity contribution in [1.29, 1.82) is 0 Å². The van der Waals surface area contributed by atoms with Gasteiger partial charge in [-0.15, -0.1) is 0 Å². The van der Waals surface area contributed by atoms with Crippen LogP contribution in [0.25, 0.3) is 0 Å². The largest absolute Gasteiger partial charge is 0.369 e. The van der Waals surface area contributed by atoms with E-state index in [0.29, 0.717) is 12.2 Å². The van der Waals surface area contributed by atoms with Crippen LogP contribution in [0.3, 0.4) is 0 Å². The Balaban J connectivity index is 1.85. The molecule has 0 aromatic carbocycles. The predicted molar refractivity (Wildman–Crippen MR) is 50.0 cm³/mol. The molecule has 66 valence electrons. The average Bonchev–Trinajstić information content (AvgIpc) is 2.78. The van der Waals surface area contributed by atoms with Crippen molar-refractivity contribution >= 4 is 0 Å². The third kappa shape index (κ3) is 2.21. The highest BCUT2D eigenvalue weighted by Gasteiger charge is 2.36. The molecule has 0 aromatic rings. The Hall–Kier alpha value is -0.560. The van der Waals surface area contributed by atoms with Crippen LogP contribution in [0.4, 0.5) is 0 Å². The molecule has 1 heterocycles. The van der Waals surface area contributed by atoms with Gasteiger partial charge < -0.3 is 4.74 Å². The van der Waals surface area contributed by atoms with Gasteiger partial charge in [0, 0.05) is 0 Å². The summed E-state index contributed by atoms with van der Waals surface area (Å²) >= 11 is 0. The second-order valence-electron chi connectivity index (χ2n) is 3.55. The summed E-state index contributed by atoms with van der Waals surface area (Å²) in [4.78, 5) is 0. The summed E-state index contributed by atoms with van der Waals surface area (Å²) in [5.41, 5.74) is 0. The zero-order valence-corrected chi connectivity index (χ0v) is 7.41. The summed E-state index contributed by atoms with van der Waals surface area (Å²) in [5.74, 6) is 0. The van der Waals surface area contributed by atoms with Crippen molar-refractivity contribution in [3.05, 3.63) is 24.3 Å². The minimum absolute atomic E-state index is 0.549. The van der Waals surface area contributed by atoms with Crippen LogP contribution >= 0.6 is 0 Å². The Kier molecular flexibility index (Phi) is 2.62. The van der Waals surface area contributed by atoms with E-state index in [1.165, 1.54) is 25.7 Å². The first-order valence-corrected chi connectivity index (χ1v) is 4.92. The van der Waals surface area contributed by atoms with Gasteiger partial charge in [0.15, 0.2) is 0 Å². The SMILES string of the molecule is C1=C\CCC2OC2C/C=C/CC/1. The van der Waals surface area contributed by atoms with Crippen LogP contribution in [0.5, 0.6) is 0 Å². The molecule has 2 rings (SSSR count). The van der Waals surface area contributed by atoms with Gasteiger partial charge in [-0.3, -0.25) is 0 Å². The number of ether oxygens (including phenoxy) is 1. The van der Waals surface area contributed by atoms with E-state index in [-0.39, 0.29) is 0 Å². The van der Waals surface area contributed by atoms with Crippen LogP contribution in [-0.2, 0) is 4.74 Å². The lowest BCUT2D eigenvalue weighted by Crippen LogP contribution is -1.91. The molecule has 0 bridgehead atoms. The molecule has 1 aliphatic heterocycles. The predicted octanol–water partition coefficient (Wildman–Crippen LogP) is 2.83. The van der Waals surface area contributed by atoms with Gasteiger partial charge in [0.05, 0.1) is 12.2 Å². The molecule has 0 saturated carbocycles. The summed E-state index contributed by atoms with van der Waals surface area (Å²) in [6.07, 6.45) is 16.2. The minimum atomic E-state index is 0.549. The number of hydrogen-bond acceptors (Lipinski definition) is 1. The van der Waals surface area contributed by atoms with Crippen molar-refractivity contribution in [1.82, 2.24) is 0 Å². The smallest absolute Gasteiger partial charge is 0.0876 e. The number of rotatable bonds is 0. The van der Waals surface area contributed by atoms with E-state index >= 15 is 0 Å². The molecule has 1 fully saturated rings. The molecule has 12 heavy (non-hydrogen) atoms. The van der Waals surface area contributed by atoms with E-state index in [1.54, 1.807) is 0 Å². The molecule has 0 radical (unpaired) electrons. The lowest BCUT2D eigenvalue weighted by Gasteiger charge is -1.88. The Morgan fingerprint density at radius 3 is 2.50 bits per heavy atom. The Morgan fingerprint density at radius 1 is 0.833 bits per heavy atom. The standard InChI is InChI=1S/C11H16O/c1-2-4-6-8-10-11(12-10)9-7-5-3-1/h2,4-5,7,10-11H,1,3,6,8-9H2/b4-2-,7-5+. The molecule has 0 amide bonds. The fourth-order valence-electron chi connectivity index (χ4n) is 1.68. The van der Waals surface area contributed by atoms with E-state index in [0.717, 1.165) is 6.42 Å². The van der Waals surface area contributed by atoms with Crippen LogP contribution < -0.4 is 0 Å². The van der Waals surface area contributed by atoms with Gasteiger partial charge in [-0.05, 0) is 32.1 Å². The first-order chi connectivity index (χ1) is 5.97. The highest BCUT2D eigenvalue weighted by Crippen LogP contribution is 2.30. The first kappa shape index (κ1) is 8.06. The molecule has 1 saturated heterocycles. The van der Waals surface area contributed by atoms with Gasteiger partial charge in [0.25, 0.3) is 0 Å². The normalized spacial score (nSPS) is 40.7. The Labute approximate surface area is 74.1 Å². The van der Waals surface area contributed by atoms with E-state index in [2.05, 4.69) is 24.3 Å². The lowest BCUT2D eigenvalue weighted by molar-refractivity contribution is 0.364. The molecule has 2 unspecified atom stereocenters. The summed E-state index contributed by atoms with van der Waals surface area (Å²) in [6.45, 7) is 0. The summed E-state index contributed by atoms with van der Waals surface area (Å²) in [6, 6.07) is 0. The van der Waals surface area contributed by atoms with Gasteiger partial charge in [-0.2, -0.15) is 0 Å². The highest BCUT2D eigenvalue weighted by molar-refractivity contribution is 4.97. The third-order valence-corrected chi connectivity index (χ3v) is 2.51. The number of epoxide rings is 1. The molecule has 1 aliphatic carbocycles. The average molecular weight is 164 g/mol. The first-order valence-electron chi connectivity index (χ1n) is 4.92. The van der Waals surface area contributed by atoms with Gasteiger partial charge >= 0.3 is 0 Å². The summed E-state index contributed by atoms with van der Waals surface area (Å²) in [7, 11) is 0. The Bertz CT molecular complexity index is 193. The van der Waals surface area contributed by atoms with Crippen molar-refractivity contribution in [2.45, 2.75) is 44.3 Å². The molecule has 0 aromatic heterocycles. The zero-order valence-electron chi connectivity index (χ0n) is 7.41. The number of hydrogen-bond donors (Lipinski definition) is 0. The number of allylic oxidation sites excluding steroid dienone is 3. The summed E-state index contributed by atoms with van der Waals surface area (Å²) in [5, 5.41) is 0. The zero-order chi connectivity index (χ0) is 8.23. The van der Waals surface area contributed by atoms with E-state index in [9.17, 15) is 0 Å². The van der Waals surface area contributed by atoms with Gasteiger partial charge in [-0.1, -0.05) is 24.3 Å². The molecule has 2 aliphatic rings. The van der Waals surface area contributed by atoms with Crippen LogP contribution in [0, 0.1) is 0 Å². The van der Waals surface area contributed by atoms with Crippen molar-refractivity contribution in [2.24, 2.45) is 0 Å². The molecule has 1 nitrogen and oxygen atoms in total. The van der Waals surface area contributed by atoms with E-state index < -0.39 is 0 Å². The molecule has 1 heteroatoms. The van der Waals surface area contributed by atoms with Gasteiger partial charge in [0.2, 0.25) is 0 Å². The second-order valence-corrected chi connectivity index (χ2v) is 3.55. The quantitative estimate of drug-likeness (QED) is 0.396. The Morgan fingerprint density at radius 2 is 1.58 bits per heavy atom. The van der Waals surface area contributed by atoms with E-state index in [1.807, 2.05) is 0 Å². The molecular weight excluding hydrogens is 148 g/mol. The minimum Gasteiger partial charge on any atom is -0.369 e. The topological polar surface area (TPSA) is 12.5 Å². The van der Waals surface area contributed by atoms with Crippen molar-refractivity contribution in [2.75, 3.05) is 0 Å². The maximum atomic E-state index is 5.50. The molecule has 2 atom stereocenters. The second kappa shape index (κ2) is 3.90. The van der Waals surface area contributed by atoms with Crippen LogP contribution in [0.1, 0.15) is 32.1 Å². The van der Waals surface area contributed by atoms with Gasteiger partial charge in [-0.25, -0.2) is 0 Å². The summed E-state index contributed by atoms with van der Waals surface area (Å²) < 4.78 is 5.50. The number of fused-ring (bicyclic) bond motifs is 1. The highest BCUT2D eigenvalue weighted by atomic mass is 16.6. The molecular formula is C11H16O. The van der Waals surface area contributed by atoms with E-state index in [4.69, 9.17) is 4.74 Å².